The number of nitrogens with zero attached hydrogens (tertiary/aromatic N) is 1. The van der Waals surface area contributed by atoms with E-state index in [-0.39, 0.29) is 17.3 Å². The van der Waals surface area contributed by atoms with E-state index in [0.29, 0.717) is 5.56 Å². The number of hydrogen-bond donors (Lipinski definition) is 1. The van der Waals surface area contributed by atoms with E-state index in [4.69, 9.17) is 10.5 Å². The predicted octanol–water partition coefficient (Wildman–Crippen LogP) is 1.48. The molecule has 0 saturated carbocycles. The summed E-state index contributed by atoms with van der Waals surface area (Å²) in [6, 6.07) is 3.79. The van der Waals surface area contributed by atoms with E-state index in [1.165, 1.54) is 19.2 Å². The molecule has 0 bridgehead atoms. The highest BCUT2D eigenvalue weighted by molar-refractivity contribution is 7.90. The average Bonchev–Trinajstić information content (AvgIpc) is 2.73. The van der Waals surface area contributed by atoms with Crippen LogP contribution in [0.5, 0.6) is 5.75 Å². The van der Waals surface area contributed by atoms with Crippen LogP contribution < -0.4 is 10.5 Å². The molecule has 6 nitrogen and oxygen atoms in total. The van der Waals surface area contributed by atoms with E-state index >= 15 is 0 Å². The summed E-state index contributed by atoms with van der Waals surface area (Å²) in [4.78, 5) is -0.491. The summed E-state index contributed by atoms with van der Waals surface area (Å²) in [7, 11) is -2.48. The number of benzene rings is 1. The minimum atomic E-state index is -3.74. The van der Waals surface area contributed by atoms with Crippen molar-refractivity contribution in [2.24, 2.45) is 0 Å². The molecule has 0 saturated heterocycles. The highest BCUT2D eigenvalue weighted by Gasteiger charge is 2.22. The van der Waals surface area contributed by atoms with Crippen LogP contribution in [0, 0.1) is 5.82 Å². The van der Waals surface area contributed by atoms with Gasteiger partial charge in [0.1, 0.15) is 22.2 Å². The first-order chi connectivity index (χ1) is 8.82. The third-order valence-electron chi connectivity index (χ3n) is 2.42. The molecule has 0 aliphatic heterocycles. The summed E-state index contributed by atoms with van der Waals surface area (Å²) in [6.45, 7) is 0. The maximum absolute atomic E-state index is 13.9. The molecular weight excluding hydrogens is 275 g/mol. The van der Waals surface area contributed by atoms with Gasteiger partial charge in [-0.1, -0.05) is 5.16 Å². The fourth-order valence-corrected chi connectivity index (χ4v) is 2.57. The third-order valence-corrected chi connectivity index (χ3v) is 3.56. The van der Waals surface area contributed by atoms with Crippen molar-refractivity contribution in [3.63, 3.8) is 0 Å². The number of anilines is 1. The molecule has 0 radical (unpaired) electrons. The zero-order valence-corrected chi connectivity index (χ0v) is 11.0. The maximum Gasteiger partial charge on any atom is 0.222 e. The highest BCUT2D eigenvalue weighted by atomic mass is 32.2. The quantitative estimate of drug-likeness (QED) is 0.918. The van der Waals surface area contributed by atoms with E-state index in [2.05, 4.69) is 9.68 Å². The second-order valence-corrected chi connectivity index (χ2v) is 5.83. The Morgan fingerprint density at radius 1 is 1.37 bits per heavy atom. The molecule has 0 spiro atoms. The molecule has 102 valence electrons. The zero-order valence-electron chi connectivity index (χ0n) is 10.2. The molecule has 0 amide bonds. The van der Waals surface area contributed by atoms with Crippen LogP contribution in [-0.4, -0.2) is 26.9 Å². The fraction of sp³-hybridized carbons (Fsp3) is 0.182. The molecule has 2 N–H and O–H groups in total. The SMILES string of the molecule is COc1cc(-c2cc(N)on2)cc(F)c1S(C)(=O)=O. The Bertz CT molecular complexity index is 724. The van der Waals surface area contributed by atoms with Gasteiger partial charge in [-0.25, -0.2) is 12.8 Å². The number of ether oxygens (including phenoxy) is 1. The van der Waals surface area contributed by atoms with Crippen molar-refractivity contribution in [1.82, 2.24) is 5.16 Å². The number of methoxy groups -OCH3 is 1. The van der Waals surface area contributed by atoms with Crippen LogP contribution in [0.3, 0.4) is 0 Å². The van der Waals surface area contributed by atoms with E-state index in [1.807, 2.05) is 0 Å². The van der Waals surface area contributed by atoms with Gasteiger partial charge < -0.3 is 15.0 Å². The molecule has 1 aromatic carbocycles. The number of rotatable bonds is 3. The largest absolute Gasteiger partial charge is 0.495 e. The molecule has 8 heteroatoms. The van der Waals surface area contributed by atoms with Crippen molar-refractivity contribution in [1.29, 1.82) is 0 Å². The standard InChI is InChI=1S/C11H11FN2O4S/c1-17-9-4-6(8-5-10(13)18-14-8)3-7(12)11(9)19(2,15)16/h3-5H,13H2,1-2H3. The summed E-state index contributed by atoms with van der Waals surface area (Å²) in [5.74, 6) is -0.945. The number of hydrogen-bond acceptors (Lipinski definition) is 6. The van der Waals surface area contributed by atoms with Gasteiger partial charge in [-0.15, -0.1) is 0 Å². The first-order valence-electron chi connectivity index (χ1n) is 5.13. The fourth-order valence-electron chi connectivity index (χ4n) is 1.65. The third kappa shape index (κ3) is 2.53. The molecule has 0 fully saturated rings. The molecule has 0 atom stereocenters. The molecule has 1 aromatic heterocycles. The topological polar surface area (TPSA) is 95.4 Å². The van der Waals surface area contributed by atoms with Crippen molar-refractivity contribution in [3.8, 4) is 17.0 Å². The molecule has 2 rings (SSSR count). The summed E-state index contributed by atoms with van der Waals surface area (Å²) in [6.07, 6.45) is 0.904. The van der Waals surface area contributed by atoms with E-state index < -0.39 is 20.5 Å². The lowest BCUT2D eigenvalue weighted by molar-refractivity contribution is 0.395. The average molecular weight is 286 g/mol. The molecule has 2 aromatic rings. The molecule has 0 aliphatic carbocycles. The molecule has 1 heterocycles. The van der Waals surface area contributed by atoms with Gasteiger partial charge in [0.15, 0.2) is 9.84 Å². The van der Waals surface area contributed by atoms with E-state index in [0.717, 1.165) is 12.3 Å². The van der Waals surface area contributed by atoms with Crippen molar-refractivity contribution in [3.05, 3.63) is 24.0 Å². The smallest absolute Gasteiger partial charge is 0.222 e. The molecular formula is C11H11FN2O4S. The Morgan fingerprint density at radius 3 is 2.53 bits per heavy atom. The molecule has 19 heavy (non-hydrogen) atoms. The van der Waals surface area contributed by atoms with E-state index in [1.54, 1.807) is 0 Å². The highest BCUT2D eigenvalue weighted by Crippen LogP contribution is 2.32. The van der Waals surface area contributed by atoms with Gasteiger partial charge in [0.25, 0.3) is 0 Å². The Morgan fingerprint density at radius 2 is 2.05 bits per heavy atom. The number of nitrogen functional groups attached to an aromatic ring is 1. The van der Waals surface area contributed by atoms with Gasteiger partial charge in [-0.3, -0.25) is 0 Å². The lowest BCUT2D eigenvalue weighted by Gasteiger charge is -2.09. The number of sulfone groups is 1. The van der Waals surface area contributed by atoms with Gasteiger partial charge in [0, 0.05) is 17.9 Å². The molecule has 0 unspecified atom stereocenters. The van der Waals surface area contributed by atoms with Gasteiger partial charge in [-0.2, -0.15) is 0 Å². The summed E-state index contributed by atoms with van der Waals surface area (Å²) < 4.78 is 46.5. The van der Waals surface area contributed by atoms with Gasteiger partial charge in [-0.05, 0) is 12.1 Å². The maximum atomic E-state index is 13.9. The van der Waals surface area contributed by atoms with Crippen LogP contribution in [0.2, 0.25) is 0 Å². The Labute approximate surface area is 108 Å². The summed E-state index contributed by atoms with van der Waals surface area (Å²) in [5.41, 5.74) is 5.97. The number of aromatic nitrogens is 1. The summed E-state index contributed by atoms with van der Waals surface area (Å²) >= 11 is 0. The molecule has 0 aliphatic rings. The number of halogens is 1. The van der Waals surface area contributed by atoms with Crippen LogP contribution in [0.15, 0.2) is 27.6 Å². The van der Waals surface area contributed by atoms with Crippen LogP contribution in [0.4, 0.5) is 10.3 Å². The normalized spacial score (nSPS) is 11.5. The lowest BCUT2D eigenvalue weighted by Crippen LogP contribution is -2.04. The Balaban J connectivity index is 2.67. The van der Waals surface area contributed by atoms with Crippen molar-refractivity contribution >= 4 is 15.7 Å². The second-order valence-electron chi connectivity index (χ2n) is 3.88. The van der Waals surface area contributed by atoms with Crippen molar-refractivity contribution in [2.75, 3.05) is 19.1 Å². The first kappa shape index (κ1) is 13.3. The van der Waals surface area contributed by atoms with Crippen molar-refractivity contribution in [2.45, 2.75) is 4.90 Å². The van der Waals surface area contributed by atoms with Crippen molar-refractivity contribution < 1.29 is 22.1 Å². The first-order valence-corrected chi connectivity index (χ1v) is 7.02. The Hall–Kier alpha value is -2.09. The zero-order chi connectivity index (χ0) is 14.2. The van der Waals surface area contributed by atoms with Crippen LogP contribution in [0.1, 0.15) is 0 Å². The van der Waals surface area contributed by atoms with Crippen LogP contribution in [-0.2, 0) is 9.84 Å². The minimum absolute atomic E-state index is 0.0709. The van der Waals surface area contributed by atoms with E-state index in [9.17, 15) is 12.8 Å². The van der Waals surface area contributed by atoms with Gasteiger partial charge in [0.05, 0.1) is 7.11 Å². The minimum Gasteiger partial charge on any atom is -0.495 e. The lowest BCUT2D eigenvalue weighted by atomic mass is 10.1. The second kappa shape index (κ2) is 4.54. The van der Waals surface area contributed by atoms with Crippen LogP contribution >= 0.6 is 0 Å². The summed E-state index contributed by atoms with van der Waals surface area (Å²) in [5, 5.41) is 3.62. The number of nitrogens with two attached hydrogens (primary N) is 1. The Kier molecular flexibility index (Phi) is 3.19. The van der Waals surface area contributed by atoms with Crippen LogP contribution in [0.25, 0.3) is 11.3 Å². The van der Waals surface area contributed by atoms with Gasteiger partial charge >= 0.3 is 0 Å². The monoisotopic (exact) mass is 286 g/mol. The van der Waals surface area contributed by atoms with Gasteiger partial charge in [0.2, 0.25) is 5.88 Å². The predicted molar refractivity (Wildman–Crippen MR) is 66.0 cm³/mol.